The lowest BCUT2D eigenvalue weighted by molar-refractivity contribution is 0.417. The number of rotatable bonds is 2. The number of hydrogen-bond donors (Lipinski definition) is 2. The van der Waals surface area contributed by atoms with Gasteiger partial charge in [0.15, 0.2) is 0 Å². The number of ether oxygens (including phenoxy) is 1. The Morgan fingerprint density at radius 1 is 1.24 bits per heavy atom. The summed E-state index contributed by atoms with van der Waals surface area (Å²) in [6.45, 7) is 0. The van der Waals surface area contributed by atoms with E-state index in [0.717, 1.165) is 5.39 Å². The minimum Gasteiger partial charge on any atom is -0.496 e. The predicted molar refractivity (Wildman–Crippen MR) is 67.6 cm³/mol. The van der Waals surface area contributed by atoms with Crippen LogP contribution in [0, 0.1) is 0 Å². The van der Waals surface area contributed by atoms with Crippen LogP contribution < -0.4 is 4.74 Å². The van der Waals surface area contributed by atoms with Crippen molar-refractivity contribution in [1.29, 1.82) is 0 Å². The molecule has 0 fully saturated rings. The van der Waals surface area contributed by atoms with E-state index in [1.165, 1.54) is 19.2 Å². The summed E-state index contributed by atoms with van der Waals surface area (Å²) in [4.78, 5) is 0.507. The highest BCUT2D eigenvalue weighted by Gasteiger charge is 2.13. The fourth-order valence-electron chi connectivity index (χ4n) is 1.61. The molecule has 2 rings (SSSR count). The van der Waals surface area contributed by atoms with E-state index >= 15 is 0 Å². The van der Waals surface area contributed by atoms with Crippen molar-refractivity contribution in [3.8, 4) is 5.75 Å². The van der Waals surface area contributed by atoms with E-state index < -0.39 is 10.1 Å². The zero-order chi connectivity index (χ0) is 12.6. The minimum atomic E-state index is -4.24. The fraction of sp³-hybridized carbons (Fsp3) is 0.0909. The molecular formula is C11H10O4S2. The van der Waals surface area contributed by atoms with Crippen molar-refractivity contribution >= 4 is 33.5 Å². The highest BCUT2D eigenvalue weighted by atomic mass is 32.2. The smallest absolute Gasteiger partial charge is 0.294 e. The van der Waals surface area contributed by atoms with Crippen molar-refractivity contribution in [1.82, 2.24) is 0 Å². The molecule has 0 heterocycles. The zero-order valence-corrected chi connectivity index (χ0v) is 10.6. The Morgan fingerprint density at radius 2 is 1.94 bits per heavy atom. The first-order chi connectivity index (χ1) is 7.91. The molecule has 17 heavy (non-hydrogen) atoms. The molecule has 0 aliphatic heterocycles. The van der Waals surface area contributed by atoms with Crippen LogP contribution in [-0.4, -0.2) is 20.1 Å². The van der Waals surface area contributed by atoms with Gasteiger partial charge in [0, 0.05) is 16.3 Å². The Balaban J connectivity index is 2.85. The van der Waals surface area contributed by atoms with Gasteiger partial charge >= 0.3 is 0 Å². The molecule has 0 atom stereocenters. The van der Waals surface area contributed by atoms with Gasteiger partial charge in [0.25, 0.3) is 10.1 Å². The van der Waals surface area contributed by atoms with Crippen molar-refractivity contribution in [2.24, 2.45) is 0 Å². The molecule has 0 aliphatic rings. The molecule has 6 heteroatoms. The molecule has 1 N–H and O–H groups in total. The second-order valence-corrected chi connectivity index (χ2v) is 5.44. The van der Waals surface area contributed by atoms with E-state index in [1.54, 1.807) is 18.2 Å². The van der Waals surface area contributed by atoms with E-state index in [2.05, 4.69) is 12.6 Å². The molecule has 2 aromatic rings. The van der Waals surface area contributed by atoms with Gasteiger partial charge in [-0.1, -0.05) is 0 Å². The molecule has 0 radical (unpaired) electrons. The van der Waals surface area contributed by atoms with E-state index in [-0.39, 0.29) is 4.90 Å². The molecule has 0 saturated heterocycles. The quantitative estimate of drug-likeness (QED) is 0.649. The highest BCUT2D eigenvalue weighted by molar-refractivity contribution is 7.85. The summed E-state index contributed by atoms with van der Waals surface area (Å²) in [7, 11) is -2.80. The van der Waals surface area contributed by atoms with Crippen molar-refractivity contribution in [3.63, 3.8) is 0 Å². The second kappa shape index (κ2) is 4.21. The summed E-state index contributed by atoms with van der Waals surface area (Å²) in [5.41, 5.74) is 0. The maximum atomic E-state index is 11.1. The second-order valence-electron chi connectivity index (χ2n) is 3.51. The highest BCUT2D eigenvalue weighted by Crippen LogP contribution is 2.30. The van der Waals surface area contributed by atoms with Gasteiger partial charge in [-0.25, -0.2) is 0 Å². The molecule has 2 aromatic carbocycles. The standard InChI is InChI=1S/C11H10O4S2/c1-15-11-6-9(17(12,13)14)5-7-4-8(16)2-3-10(7)11/h2-6,16H,1H3,(H,12,13,14). The van der Waals surface area contributed by atoms with Crippen LogP contribution in [0.25, 0.3) is 10.8 Å². The SMILES string of the molecule is COc1cc(S(=O)(=O)O)cc2cc(S)ccc12. The first-order valence-electron chi connectivity index (χ1n) is 4.70. The summed E-state index contributed by atoms with van der Waals surface area (Å²) >= 11 is 4.18. The Kier molecular flexibility index (Phi) is 3.03. The maximum absolute atomic E-state index is 11.1. The number of fused-ring (bicyclic) bond motifs is 1. The Hall–Kier alpha value is -1.24. The van der Waals surface area contributed by atoms with Crippen LogP contribution in [-0.2, 0) is 10.1 Å². The lowest BCUT2D eigenvalue weighted by Gasteiger charge is -2.08. The Morgan fingerprint density at radius 3 is 2.53 bits per heavy atom. The van der Waals surface area contributed by atoms with Gasteiger partial charge < -0.3 is 4.74 Å². The normalized spacial score (nSPS) is 11.7. The van der Waals surface area contributed by atoms with Gasteiger partial charge in [-0.15, -0.1) is 12.6 Å². The number of hydrogen-bond acceptors (Lipinski definition) is 4. The van der Waals surface area contributed by atoms with Crippen molar-refractivity contribution in [3.05, 3.63) is 30.3 Å². The van der Waals surface area contributed by atoms with Crippen LogP contribution in [0.2, 0.25) is 0 Å². The van der Waals surface area contributed by atoms with Gasteiger partial charge in [-0.2, -0.15) is 8.42 Å². The first-order valence-corrected chi connectivity index (χ1v) is 6.59. The van der Waals surface area contributed by atoms with Gasteiger partial charge in [0.05, 0.1) is 12.0 Å². The maximum Gasteiger partial charge on any atom is 0.294 e. The average molecular weight is 270 g/mol. The molecule has 90 valence electrons. The van der Waals surface area contributed by atoms with E-state index in [1.807, 2.05) is 0 Å². The summed E-state index contributed by atoms with van der Waals surface area (Å²) in [5, 5.41) is 1.40. The van der Waals surface area contributed by atoms with E-state index in [9.17, 15) is 8.42 Å². The molecule has 0 aromatic heterocycles. The van der Waals surface area contributed by atoms with Gasteiger partial charge in [-0.3, -0.25) is 4.55 Å². The van der Waals surface area contributed by atoms with Crippen molar-refractivity contribution < 1.29 is 17.7 Å². The van der Waals surface area contributed by atoms with Gasteiger partial charge in [-0.05, 0) is 29.7 Å². The number of thiol groups is 1. The molecule has 4 nitrogen and oxygen atoms in total. The topological polar surface area (TPSA) is 63.6 Å². The van der Waals surface area contributed by atoms with Crippen LogP contribution in [0.1, 0.15) is 0 Å². The average Bonchev–Trinajstić information content (AvgIpc) is 2.25. The van der Waals surface area contributed by atoms with Crippen LogP contribution in [0.4, 0.5) is 0 Å². The molecule has 0 aliphatic carbocycles. The van der Waals surface area contributed by atoms with Crippen LogP contribution in [0.5, 0.6) is 5.75 Å². The Bertz CT molecular complexity index is 677. The third kappa shape index (κ3) is 2.38. The zero-order valence-electron chi connectivity index (χ0n) is 8.91. The molecule has 0 unspecified atom stereocenters. The Labute approximate surface area is 104 Å². The van der Waals surface area contributed by atoms with Gasteiger partial charge in [0.2, 0.25) is 0 Å². The molecule has 0 amide bonds. The summed E-state index contributed by atoms with van der Waals surface area (Å²) in [6.07, 6.45) is 0. The first kappa shape index (κ1) is 12.2. The minimum absolute atomic E-state index is 0.194. The molecule has 0 bridgehead atoms. The van der Waals surface area contributed by atoms with Crippen LogP contribution in [0.15, 0.2) is 40.1 Å². The summed E-state index contributed by atoms with van der Waals surface area (Å²) < 4.78 is 36.4. The predicted octanol–water partition coefficient (Wildman–Crippen LogP) is 2.38. The summed E-state index contributed by atoms with van der Waals surface area (Å²) in [6, 6.07) is 7.93. The van der Waals surface area contributed by atoms with Crippen LogP contribution >= 0.6 is 12.6 Å². The lowest BCUT2D eigenvalue weighted by Crippen LogP contribution is -1.99. The van der Waals surface area contributed by atoms with Crippen LogP contribution in [0.3, 0.4) is 0 Å². The largest absolute Gasteiger partial charge is 0.496 e. The third-order valence-corrected chi connectivity index (χ3v) is 3.50. The van der Waals surface area contributed by atoms with Crippen molar-refractivity contribution in [2.45, 2.75) is 9.79 Å². The van der Waals surface area contributed by atoms with Gasteiger partial charge in [0.1, 0.15) is 5.75 Å². The molecule has 0 spiro atoms. The van der Waals surface area contributed by atoms with E-state index in [0.29, 0.717) is 16.0 Å². The number of methoxy groups -OCH3 is 1. The molecular weight excluding hydrogens is 260 g/mol. The van der Waals surface area contributed by atoms with Crippen molar-refractivity contribution in [2.75, 3.05) is 7.11 Å². The van der Waals surface area contributed by atoms with E-state index in [4.69, 9.17) is 9.29 Å². The lowest BCUT2D eigenvalue weighted by atomic mass is 10.1. The number of benzene rings is 2. The monoisotopic (exact) mass is 270 g/mol. The summed E-state index contributed by atoms with van der Waals surface area (Å²) in [5.74, 6) is 0.392. The molecule has 0 saturated carbocycles. The fourth-order valence-corrected chi connectivity index (χ4v) is 2.36. The third-order valence-electron chi connectivity index (χ3n) is 2.39.